The van der Waals surface area contributed by atoms with E-state index in [0.29, 0.717) is 18.1 Å². The molecule has 2 unspecified atom stereocenters. The van der Waals surface area contributed by atoms with Crippen molar-refractivity contribution >= 4 is 5.97 Å². The third-order valence-corrected chi connectivity index (χ3v) is 3.16. The molecule has 0 spiro atoms. The van der Waals surface area contributed by atoms with Crippen LogP contribution in [0.3, 0.4) is 0 Å². The Morgan fingerprint density at radius 1 is 1.59 bits per heavy atom. The Hall–Kier alpha value is -1.55. The van der Waals surface area contributed by atoms with Gasteiger partial charge in [0.1, 0.15) is 5.75 Å². The maximum atomic E-state index is 11.4. The minimum absolute atomic E-state index is 0.0879. The molecule has 92 valence electrons. The zero-order valence-electron chi connectivity index (χ0n) is 10.1. The lowest BCUT2D eigenvalue weighted by Crippen LogP contribution is -2.35. The average Bonchev–Trinajstić information content (AvgIpc) is 2.36. The summed E-state index contributed by atoms with van der Waals surface area (Å²) in [5.74, 6) is 0.820. The highest BCUT2D eigenvalue weighted by molar-refractivity contribution is 5.89. The smallest absolute Gasteiger partial charge is 0.337 e. The highest BCUT2D eigenvalue weighted by Gasteiger charge is 2.23. The first kappa shape index (κ1) is 11.9. The lowest BCUT2D eigenvalue weighted by atomic mass is 9.91. The molecular formula is C13H17NO3. The molecule has 1 aromatic carbocycles. The van der Waals surface area contributed by atoms with Crippen molar-refractivity contribution in [1.82, 2.24) is 0 Å². The number of fused-ring (bicyclic) bond motifs is 1. The maximum absolute atomic E-state index is 11.4. The summed E-state index contributed by atoms with van der Waals surface area (Å²) in [7, 11) is 1.38. The van der Waals surface area contributed by atoms with Crippen LogP contribution in [-0.2, 0) is 11.2 Å². The second-order valence-electron chi connectivity index (χ2n) is 4.45. The first-order chi connectivity index (χ1) is 8.11. The fourth-order valence-electron chi connectivity index (χ4n) is 2.00. The van der Waals surface area contributed by atoms with Gasteiger partial charge in [-0.25, -0.2) is 4.79 Å². The van der Waals surface area contributed by atoms with Crippen molar-refractivity contribution < 1.29 is 14.3 Å². The summed E-state index contributed by atoms with van der Waals surface area (Å²) in [5.41, 5.74) is 7.46. The van der Waals surface area contributed by atoms with Gasteiger partial charge in [-0.3, -0.25) is 0 Å². The SMILES string of the molecule is COC(=O)c1ccc2c(c1)CC(C(C)N)CO2. The summed E-state index contributed by atoms with van der Waals surface area (Å²) in [6.07, 6.45) is 0.845. The molecule has 0 saturated carbocycles. The molecule has 0 aromatic heterocycles. The number of benzene rings is 1. The Morgan fingerprint density at radius 3 is 3.00 bits per heavy atom. The number of rotatable bonds is 2. The molecule has 1 aliphatic heterocycles. The van der Waals surface area contributed by atoms with Crippen LogP contribution in [0.5, 0.6) is 5.75 Å². The molecule has 0 fully saturated rings. The molecule has 1 heterocycles. The lowest BCUT2D eigenvalue weighted by molar-refractivity contribution is 0.0600. The predicted octanol–water partition coefficient (Wildman–Crippen LogP) is 1.37. The van der Waals surface area contributed by atoms with Gasteiger partial charge >= 0.3 is 5.97 Å². The van der Waals surface area contributed by atoms with Gasteiger partial charge in [0, 0.05) is 12.0 Å². The molecule has 0 amide bonds. The van der Waals surface area contributed by atoms with Gasteiger partial charge in [-0.2, -0.15) is 0 Å². The van der Waals surface area contributed by atoms with Crippen molar-refractivity contribution in [2.24, 2.45) is 11.7 Å². The summed E-state index contributed by atoms with van der Waals surface area (Å²) < 4.78 is 10.3. The van der Waals surface area contributed by atoms with Crippen LogP contribution in [-0.4, -0.2) is 25.7 Å². The number of hydrogen-bond acceptors (Lipinski definition) is 4. The number of carbonyl (C=O) groups excluding carboxylic acids is 1. The standard InChI is InChI=1S/C13H17NO3/c1-8(14)11-6-10-5-9(13(15)16-2)3-4-12(10)17-7-11/h3-5,8,11H,6-7,14H2,1-2H3. The van der Waals surface area contributed by atoms with Crippen molar-refractivity contribution in [3.8, 4) is 5.75 Å². The van der Waals surface area contributed by atoms with E-state index in [9.17, 15) is 4.79 Å². The highest BCUT2D eigenvalue weighted by atomic mass is 16.5. The molecule has 0 bridgehead atoms. The van der Waals surface area contributed by atoms with Crippen molar-refractivity contribution in [1.29, 1.82) is 0 Å². The number of esters is 1. The predicted molar refractivity (Wildman–Crippen MR) is 64.1 cm³/mol. The molecule has 2 N–H and O–H groups in total. The molecule has 0 saturated heterocycles. The van der Waals surface area contributed by atoms with Crippen LogP contribution >= 0.6 is 0 Å². The average molecular weight is 235 g/mol. The Kier molecular flexibility index (Phi) is 3.33. The topological polar surface area (TPSA) is 61.5 Å². The van der Waals surface area contributed by atoms with Gasteiger partial charge in [0.25, 0.3) is 0 Å². The van der Waals surface area contributed by atoms with Gasteiger partial charge in [-0.1, -0.05) is 0 Å². The molecule has 0 radical (unpaired) electrons. The minimum atomic E-state index is -0.323. The van der Waals surface area contributed by atoms with Crippen LogP contribution in [0.2, 0.25) is 0 Å². The van der Waals surface area contributed by atoms with Crippen molar-refractivity contribution in [3.63, 3.8) is 0 Å². The van der Waals surface area contributed by atoms with Crippen molar-refractivity contribution in [2.75, 3.05) is 13.7 Å². The summed E-state index contributed by atoms with van der Waals surface area (Å²) in [5, 5.41) is 0. The second-order valence-corrected chi connectivity index (χ2v) is 4.45. The van der Waals surface area contributed by atoms with Gasteiger partial charge in [0.2, 0.25) is 0 Å². The quantitative estimate of drug-likeness (QED) is 0.786. The zero-order chi connectivity index (χ0) is 12.4. The monoisotopic (exact) mass is 235 g/mol. The van der Waals surface area contributed by atoms with E-state index < -0.39 is 0 Å². The van der Waals surface area contributed by atoms with E-state index in [-0.39, 0.29) is 12.0 Å². The van der Waals surface area contributed by atoms with E-state index in [0.717, 1.165) is 17.7 Å². The lowest BCUT2D eigenvalue weighted by Gasteiger charge is -2.27. The second kappa shape index (κ2) is 4.75. The molecule has 4 heteroatoms. The third kappa shape index (κ3) is 2.42. The number of methoxy groups -OCH3 is 1. The van der Waals surface area contributed by atoms with Gasteiger partial charge in [-0.15, -0.1) is 0 Å². The van der Waals surface area contributed by atoms with Crippen LogP contribution in [0.4, 0.5) is 0 Å². The van der Waals surface area contributed by atoms with E-state index >= 15 is 0 Å². The molecule has 1 aromatic rings. The van der Waals surface area contributed by atoms with Crippen LogP contribution in [0.1, 0.15) is 22.8 Å². The van der Waals surface area contributed by atoms with Gasteiger partial charge in [-0.05, 0) is 37.1 Å². The van der Waals surface area contributed by atoms with E-state index in [1.807, 2.05) is 19.1 Å². The number of nitrogens with two attached hydrogens (primary N) is 1. The first-order valence-electron chi connectivity index (χ1n) is 5.71. The van der Waals surface area contributed by atoms with Crippen molar-refractivity contribution in [3.05, 3.63) is 29.3 Å². The Morgan fingerprint density at radius 2 is 2.35 bits per heavy atom. The van der Waals surface area contributed by atoms with Crippen molar-refractivity contribution in [2.45, 2.75) is 19.4 Å². The molecule has 2 rings (SSSR count). The fourth-order valence-corrected chi connectivity index (χ4v) is 2.00. The largest absolute Gasteiger partial charge is 0.493 e. The third-order valence-electron chi connectivity index (χ3n) is 3.16. The van der Waals surface area contributed by atoms with Crippen LogP contribution < -0.4 is 10.5 Å². The molecule has 4 nitrogen and oxygen atoms in total. The van der Waals surface area contributed by atoms with Crippen LogP contribution in [0.15, 0.2) is 18.2 Å². The summed E-state index contributed by atoms with van der Waals surface area (Å²) >= 11 is 0. The minimum Gasteiger partial charge on any atom is -0.493 e. The molecule has 0 aliphatic carbocycles. The fraction of sp³-hybridized carbons (Fsp3) is 0.462. The molecule has 1 aliphatic rings. The normalized spacial score (nSPS) is 20.1. The molecular weight excluding hydrogens is 218 g/mol. The summed E-state index contributed by atoms with van der Waals surface area (Å²) in [6, 6.07) is 5.45. The summed E-state index contributed by atoms with van der Waals surface area (Å²) in [4.78, 5) is 11.4. The van der Waals surface area contributed by atoms with Gasteiger partial charge < -0.3 is 15.2 Å². The molecule has 2 atom stereocenters. The number of carbonyl (C=O) groups is 1. The first-order valence-corrected chi connectivity index (χ1v) is 5.71. The Balaban J connectivity index is 2.26. The molecule has 17 heavy (non-hydrogen) atoms. The van der Waals surface area contributed by atoms with E-state index in [2.05, 4.69) is 0 Å². The van der Waals surface area contributed by atoms with Crippen LogP contribution in [0.25, 0.3) is 0 Å². The van der Waals surface area contributed by atoms with Gasteiger partial charge in [0.15, 0.2) is 0 Å². The highest BCUT2D eigenvalue weighted by Crippen LogP contribution is 2.29. The van der Waals surface area contributed by atoms with Crippen LogP contribution in [0, 0.1) is 5.92 Å². The number of hydrogen-bond donors (Lipinski definition) is 1. The van der Waals surface area contributed by atoms with E-state index in [4.69, 9.17) is 15.2 Å². The van der Waals surface area contributed by atoms with E-state index in [1.54, 1.807) is 6.07 Å². The Labute approximate surface area is 101 Å². The van der Waals surface area contributed by atoms with Gasteiger partial charge in [0.05, 0.1) is 19.3 Å². The Bertz CT molecular complexity index is 429. The maximum Gasteiger partial charge on any atom is 0.337 e. The zero-order valence-corrected chi connectivity index (χ0v) is 10.1. The number of ether oxygens (including phenoxy) is 2. The summed E-state index contributed by atoms with van der Waals surface area (Å²) in [6.45, 7) is 2.62. The van der Waals surface area contributed by atoms with E-state index in [1.165, 1.54) is 7.11 Å².